The van der Waals surface area contributed by atoms with Crippen LogP contribution in [0.1, 0.15) is 20.7 Å². The summed E-state index contributed by atoms with van der Waals surface area (Å²) in [6.07, 6.45) is 0.609. The van der Waals surface area contributed by atoms with Gasteiger partial charge in [0.05, 0.1) is 11.3 Å². The number of carbonyl (C=O) groups excluding carboxylic acids is 3. The van der Waals surface area contributed by atoms with Crippen molar-refractivity contribution in [1.82, 2.24) is 0 Å². The minimum absolute atomic E-state index is 0.273. The lowest BCUT2D eigenvalue weighted by molar-refractivity contribution is -0.112. The molecule has 1 aliphatic heterocycles. The molecule has 13 heavy (non-hydrogen) atoms. The molecule has 4 nitrogen and oxygen atoms in total. The Morgan fingerprint density at radius 3 is 2.69 bits per heavy atom. The maximum absolute atomic E-state index is 11.1. The number of aldehydes is 1. The summed E-state index contributed by atoms with van der Waals surface area (Å²) >= 11 is 0. The molecule has 1 aromatic carbocycles. The van der Waals surface area contributed by atoms with E-state index in [1.807, 2.05) is 0 Å². The number of hydrogen-bond donors (Lipinski definition) is 1. The van der Waals surface area contributed by atoms with Crippen LogP contribution in [0.5, 0.6) is 0 Å². The first-order valence-electron chi connectivity index (χ1n) is 3.68. The summed E-state index contributed by atoms with van der Waals surface area (Å²) in [5, 5.41) is 2.35. The van der Waals surface area contributed by atoms with E-state index in [4.69, 9.17) is 0 Å². The molecule has 1 amide bonds. The topological polar surface area (TPSA) is 63.2 Å². The fraction of sp³-hybridized carbons (Fsp3) is 0. The standard InChI is InChI=1S/C9H5NO3/c11-4-5-2-1-3-6-7(5)10-9(13)8(6)12/h1-4H,(H,10,12,13). The highest BCUT2D eigenvalue weighted by atomic mass is 16.2. The van der Waals surface area contributed by atoms with Gasteiger partial charge < -0.3 is 5.32 Å². The number of amides is 1. The fourth-order valence-electron chi connectivity index (χ4n) is 1.29. The summed E-state index contributed by atoms with van der Waals surface area (Å²) in [5.41, 5.74) is 0.929. The van der Waals surface area contributed by atoms with Gasteiger partial charge in [0.2, 0.25) is 0 Å². The minimum Gasteiger partial charge on any atom is -0.318 e. The molecule has 0 radical (unpaired) electrons. The van der Waals surface area contributed by atoms with Crippen molar-refractivity contribution in [3.63, 3.8) is 0 Å². The van der Waals surface area contributed by atoms with Crippen LogP contribution in [0, 0.1) is 0 Å². The number of ketones is 1. The van der Waals surface area contributed by atoms with Crippen molar-refractivity contribution in [3.8, 4) is 0 Å². The Bertz CT molecular complexity index is 423. The average molecular weight is 175 g/mol. The van der Waals surface area contributed by atoms with Gasteiger partial charge in [-0.05, 0) is 12.1 Å². The molecule has 0 aliphatic carbocycles. The summed E-state index contributed by atoms with van der Waals surface area (Å²) < 4.78 is 0. The van der Waals surface area contributed by atoms with E-state index in [2.05, 4.69) is 5.32 Å². The predicted octanol–water partition coefficient (Wildman–Crippen LogP) is 0.634. The fourth-order valence-corrected chi connectivity index (χ4v) is 1.29. The summed E-state index contributed by atoms with van der Waals surface area (Å²) in [6.45, 7) is 0. The van der Waals surface area contributed by atoms with Gasteiger partial charge in [0.25, 0.3) is 11.7 Å². The molecular formula is C9H5NO3. The summed E-state index contributed by atoms with van der Waals surface area (Å²) in [6, 6.07) is 4.63. The number of Topliss-reactive ketones (excluding diaryl/α,β-unsaturated/α-hetero) is 1. The van der Waals surface area contributed by atoms with E-state index in [9.17, 15) is 14.4 Å². The molecular weight excluding hydrogens is 170 g/mol. The number of anilines is 1. The molecule has 64 valence electrons. The minimum atomic E-state index is -0.677. The quantitative estimate of drug-likeness (QED) is 0.503. The Labute approximate surface area is 73.6 Å². The van der Waals surface area contributed by atoms with Crippen LogP contribution in [0.25, 0.3) is 0 Å². The molecule has 0 aromatic heterocycles. The van der Waals surface area contributed by atoms with Crippen LogP contribution in [-0.2, 0) is 4.79 Å². The van der Waals surface area contributed by atoms with Gasteiger partial charge in [-0.25, -0.2) is 0 Å². The van der Waals surface area contributed by atoms with Crippen molar-refractivity contribution in [2.75, 3.05) is 5.32 Å². The molecule has 0 fully saturated rings. The van der Waals surface area contributed by atoms with E-state index in [1.54, 1.807) is 12.1 Å². The van der Waals surface area contributed by atoms with Crippen molar-refractivity contribution in [3.05, 3.63) is 29.3 Å². The largest absolute Gasteiger partial charge is 0.318 e. The van der Waals surface area contributed by atoms with Gasteiger partial charge in [-0.2, -0.15) is 0 Å². The summed E-state index contributed by atoms with van der Waals surface area (Å²) in [7, 11) is 0. The third-order valence-electron chi connectivity index (χ3n) is 1.91. The molecule has 4 heteroatoms. The lowest BCUT2D eigenvalue weighted by atomic mass is 10.1. The van der Waals surface area contributed by atoms with Crippen LogP contribution in [0.15, 0.2) is 18.2 Å². The number of para-hydroxylation sites is 1. The normalized spacial score (nSPS) is 13.8. The van der Waals surface area contributed by atoms with Gasteiger partial charge in [0.1, 0.15) is 0 Å². The molecule has 1 N–H and O–H groups in total. The second kappa shape index (κ2) is 2.52. The van der Waals surface area contributed by atoms with Crippen LogP contribution < -0.4 is 5.32 Å². The lowest BCUT2D eigenvalue weighted by Crippen LogP contribution is -2.12. The van der Waals surface area contributed by atoms with Gasteiger partial charge in [0.15, 0.2) is 6.29 Å². The molecule has 0 unspecified atom stereocenters. The first-order chi connectivity index (χ1) is 6.24. The van der Waals surface area contributed by atoms with Crippen LogP contribution in [0.4, 0.5) is 5.69 Å². The van der Waals surface area contributed by atoms with Crippen LogP contribution in [0.3, 0.4) is 0 Å². The maximum atomic E-state index is 11.1. The Kier molecular flexibility index (Phi) is 1.48. The van der Waals surface area contributed by atoms with Crippen molar-refractivity contribution in [1.29, 1.82) is 0 Å². The van der Waals surface area contributed by atoms with Gasteiger partial charge in [-0.1, -0.05) is 6.07 Å². The Balaban J connectivity index is 2.68. The summed E-state index contributed by atoms with van der Waals surface area (Å²) in [5.74, 6) is -1.26. The number of carbonyl (C=O) groups is 3. The zero-order valence-electron chi connectivity index (χ0n) is 6.53. The Morgan fingerprint density at radius 2 is 2.00 bits per heavy atom. The molecule has 0 atom stereocenters. The molecule has 1 aromatic rings. The van der Waals surface area contributed by atoms with Crippen LogP contribution in [0.2, 0.25) is 0 Å². The molecule has 2 rings (SSSR count). The van der Waals surface area contributed by atoms with E-state index in [0.717, 1.165) is 0 Å². The zero-order valence-corrected chi connectivity index (χ0v) is 6.53. The number of rotatable bonds is 1. The number of hydrogen-bond acceptors (Lipinski definition) is 3. The highest BCUT2D eigenvalue weighted by Gasteiger charge is 2.29. The lowest BCUT2D eigenvalue weighted by Gasteiger charge is -1.98. The smallest absolute Gasteiger partial charge is 0.296 e. The molecule has 1 aliphatic rings. The molecule has 1 heterocycles. The predicted molar refractivity (Wildman–Crippen MR) is 44.8 cm³/mol. The van der Waals surface area contributed by atoms with E-state index in [1.165, 1.54) is 6.07 Å². The first kappa shape index (κ1) is 7.67. The highest BCUT2D eigenvalue weighted by molar-refractivity contribution is 6.52. The second-order valence-corrected chi connectivity index (χ2v) is 2.67. The monoisotopic (exact) mass is 175 g/mol. The highest BCUT2D eigenvalue weighted by Crippen LogP contribution is 2.25. The van der Waals surface area contributed by atoms with Crippen LogP contribution in [-0.4, -0.2) is 18.0 Å². The third kappa shape index (κ3) is 0.955. The number of fused-ring (bicyclic) bond motifs is 1. The zero-order chi connectivity index (χ0) is 9.42. The third-order valence-corrected chi connectivity index (χ3v) is 1.91. The number of nitrogens with one attached hydrogen (secondary N) is 1. The van der Waals surface area contributed by atoms with E-state index in [-0.39, 0.29) is 5.56 Å². The van der Waals surface area contributed by atoms with E-state index < -0.39 is 11.7 Å². The van der Waals surface area contributed by atoms with Gasteiger partial charge in [0, 0.05) is 5.56 Å². The Morgan fingerprint density at radius 1 is 1.23 bits per heavy atom. The molecule has 0 saturated carbocycles. The average Bonchev–Trinajstić information content (AvgIpc) is 2.43. The van der Waals surface area contributed by atoms with E-state index in [0.29, 0.717) is 17.5 Å². The van der Waals surface area contributed by atoms with E-state index >= 15 is 0 Å². The maximum Gasteiger partial charge on any atom is 0.296 e. The number of benzene rings is 1. The Hall–Kier alpha value is -1.97. The molecule has 0 saturated heterocycles. The van der Waals surface area contributed by atoms with Gasteiger partial charge >= 0.3 is 0 Å². The summed E-state index contributed by atoms with van der Waals surface area (Å²) in [4.78, 5) is 32.6. The van der Waals surface area contributed by atoms with Crippen LogP contribution >= 0.6 is 0 Å². The van der Waals surface area contributed by atoms with Crippen molar-refractivity contribution in [2.24, 2.45) is 0 Å². The molecule has 0 bridgehead atoms. The van der Waals surface area contributed by atoms with Gasteiger partial charge in [-0.15, -0.1) is 0 Å². The van der Waals surface area contributed by atoms with Crippen molar-refractivity contribution >= 4 is 23.7 Å². The molecule has 0 spiro atoms. The second-order valence-electron chi connectivity index (χ2n) is 2.67. The van der Waals surface area contributed by atoms with Crippen molar-refractivity contribution < 1.29 is 14.4 Å². The van der Waals surface area contributed by atoms with Gasteiger partial charge in [-0.3, -0.25) is 14.4 Å². The first-order valence-corrected chi connectivity index (χ1v) is 3.68. The van der Waals surface area contributed by atoms with Crippen molar-refractivity contribution in [2.45, 2.75) is 0 Å². The SMILES string of the molecule is O=Cc1cccc2c1NC(=O)C2=O.